The number of methoxy groups -OCH3 is 1. The maximum Gasteiger partial charge on any atom is 0.176 e. The maximum atomic E-state index is 13.9. The molecule has 0 fully saturated rings. The topological polar surface area (TPSA) is 67.4 Å². The van der Waals surface area contributed by atoms with Gasteiger partial charge in [-0.1, -0.05) is 19.1 Å². The molecular weight excluding hydrogens is 323 g/mol. The number of aromatic hydroxyl groups is 1. The monoisotopic (exact) mass is 342 g/mol. The van der Waals surface area contributed by atoms with Crippen molar-refractivity contribution in [1.82, 2.24) is 10.2 Å². The van der Waals surface area contributed by atoms with Crippen molar-refractivity contribution in [2.75, 3.05) is 7.11 Å². The van der Waals surface area contributed by atoms with Gasteiger partial charge in [0.1, 0.15) is 17.2 Å². The minimum atomic E-state index is -0.470. The van der Waals surface area contributed by atoms with E-state index in [1.807, 2.05) is 6.92 Å². The van der Waals surface area contributed by atoms with Crippen LogP contribution in [0.25, 0.3) is 11.3 Å². The average molecular weight is 342 g/mol. The zero-order chi connectivity index (χ0) is 18.0. The van der Waals surface area contributed by atoms with Crippen LogP contribution >= 0.6 is 0 Å². The number of hydrogen-bond acceptors (Lipinski definition) is 4. The lowest BCUT2D eigenvalue weighted by Gasteiger charge is -2.12. The second kappa shape index (κ2) is 6.84. The lowest BCUT2D eigenvalue weighted by atomic mass is 10.0. The van der Waals surface area contributed by atoms with Crippen molar-refractivity contribution in [3.05, 3.63) is 53.5 Å². The molecule has 1 aromatic heterocycles. The maximum absolute atomic E-state index is 13.9. The van der Waals surface area contributed by atoms with Crippen molar-refractivity contribution in [1.29, 1.82) is 0 Å². The van der Waals surface area contributed by atoms with E-state index in [9.17, 15) is 9.50 Å². The van der Waals surface area contributed by atoms with E-state index in [4.69, 9.17) is 9.47 Å². The SMILES string of the molecule is CCc1cc(-c2n[nH]c(C)c2Oc2ccccc2F)c(O)cc1OC. The molecule has 0 amide bonds. The second-order valence-corrected chi connectivity index (χ2v) is 5.59. The highest BCUT2D eigenvalue weighted by Crippen LogP contribution is 2.41. The number of benzene rings is 2. The third kappa shape index (κ3) is 3.15. The fourth-order valence-corrected chi connectivity index (χ4v) is 2.63. The summed E-state index contributed by atoms with van der Waals surface area (Å²) in [5, 5.41) is 17.4. The summed E-state index contributed by atoms with van der Waals surface area (Å²) in [5.41, 5.74) is 2.46. The molecule has 0 aliphatic carbocycles. The molecule has 2 N–H and O–H groups in total. The third-order valence-electron chi connectivity index (χ3n) is 3.97. The summed E-state index contributed by atoms with van der Waals surface area (Å²) >= 11 is 0. The first-order valence-electron chi connectivity index (χ1n) is 7.92. The van der Waals surface area contributed by atoms with Crippen LogP contribution < -0.4 is 9.47 Å². The standard InChI is InChI=1S/C19H19FN2O3/c1-4-12-9-13(15(23)10-17(12)24-3)18-19(11(2)21-22-18)25-16-8-6-5-7-14(16)20/h5-10,23H,4H2,1-3H3,(H,21,22). The average Bonchev–Trinajstić information content (AvgIpc) is 2.97. The number of H-pyrrole nitrogens is 1. The first kappa shape index (κ1) is 16.8. The highest BCUT2D eigenvalue weighted by Gasteiger charge is 2.20. The van der Waals surface area contributed by atoms with Crippen LogP contribution in [0.3, 0.4) is 0 Å². The van der Waals surface area contributed by atoms with Gasteiger partial charge in [0.25, 0.3) is 0 Å². The second-order valence-electron chi connectivity index (χ2n) is 5.59. The number of para-hydroxylation sites is 1. The molecule has 3 rings (SSSR count). The van der Waals surface area contributed by atoms with Crippen molar-refractivity contribution in [3.8, 4) is 34.3 Å². The summed E-state index contributed by atoms with van der Waals surface area (Å²) in [6.45, 7) is 3.76. The number of aromatic amines is 1. The van der Waals surface area contributed by atoms with Gasteiger partial charge in [0.05, 0.1) is 12.8 Å². The van der Waals surface area contributed by atoms with E-state index < -0.39 is 5.82 Å². The van der Waals surface area contributed by atoms with Gasteiger partial charge in [0, 0.05) is 11.6 Å². The van der Waals surface area contributed by atoms with Crippen LogP contribution in [-0.2, 0) is 6.42 Å². The van der Waals surface area contributed by atoms with Gasteiger partial charge in [0.2, 0.25) is 0 Å². The van der Waals surface area contributed by atoms with Crippen molar-refractivity contribution >= 4 is 0 Å². The Bertz CT molecular complexity index is 906. The Hall–Kier alpha value is -3.02. The minimum Gasteiger partial charge on any atom is -0.507 e. The van der Waals surface area contributed by atoms with Crippen molar-refractivity contribution in [2.45, 2.75) is 20.3 Å². The van der Waals surface area contributed by atoms with Crippen LogP contribution in [0, 0.1) is 12.7 Å². The summed E-state index contributed by atoms with van der Waals surface area (Å²) in [4.78, 5) is 0. The van der Waals surface area contributed by atoms with Gasteiger partial charge in [-0.3, -0.25) is 5.10 Å². The molecule has 0 saturated heterocycles. The largest absolute Gasteiger partial charge is 0.507 e. The van der Waals surface area contributed by atoms with Gasteiger partial charge >= 0.3 is 0 Å². The van der Waals surface area contributed by atoms with Gasteiger partial charge in [-0.15, -0.1) is 0 Å². The van der Waals surface area contributed by atoms with Crippen molar-refractivity contribution in [2.24, 2.45) is 0 Å². The summed E-state index contributed by atoms with van der Waals surface area (Å²) in [6.07, 6.45) is 0.726. The van der Waals surface area contributed by atoms with Gasteiger partial charge in [-0.2, -0.15) is 5.10 Å². The molecule has 6 heteroatoms. The fourth-order valence-electron chi connectivity index (χ4n) is 2.63. The number of phenolic OH excluding ortho intramolecular Hbond substituents is 1. The summed E-state index contributed by atoms with van der Waals surface area (Å²) < 4.78 is 24.9. The van der Waals surface area contributed by atoms with Crippen molar-refractivity contribution in [3.63, 3.8) is 0 Å². The number of aromatic nitrogens is 2. The van der Waals surface area contributed by atoms with Gasteiger partial charge in [-0.05, 0) is 37.1 Å². The Balaban J connectivity index is 2.09. The van der Waals surface area contributed by atoms with E-state index in [0.717, 1.165) is 12.0 Å². The van der Waals surface area contributed by atoms with E-state index in [0.29, 0.717) is 28.5 Å². The van der Waals surface area contributed by atoms with Gasteiger partial charge < -0.3 is 14.6 Å². The highest BCUT2D eigenvalue weighted by molar-refractivity contribution is 5.75. The van der Waals surface area contributed by atoms with Crippen LogP contribution in [0.4, 0.5) is 4.39 Å². The molecule has 0 saturated carbocycles. The molecule has 3 aromatic rings. The predicted molar refractivity (Wildman–Crippen MR) is 92.8 cm³/mol. The summed E-state index contributed by atoms with van der Waals surface area (Å²) in [7, 11) is 1.55. The summed E-state index contributed by atoms with van der Waals surface area (Å²) in [6, 6.07) is 9.49. The number of halogens is 1. The number of nitrogens with one attached hydrogen (secondary N) is 1. The van der Waals surface area contributed by atoms with E-state index in [-0.39, 0.29) is 11.5 Å². The molecule has 0 aliphatic rings. The Morgan fingerprint density at radius 3 is 2.64 bits per heavy atom. The van der Waals surface area contributed by atoms with Crippen LogP contribution in [0.1, 0.15) is 18.2 Å². The van der Waals surface area contributed by atoms with Gasteiger partial charge in [-0.25, -0.2) is 4.39 Å². The summed E-state index contributed by atoms with van der Waals surface area (Å²) in [5.74, 6) is 0.610. The molecule has 0 bridgehead atoms. The first-order valence-corrected chi connectivity index (χ1v) is 7.92. The number of ether oxygens (including phenoxy) is 2. The molecule has 0 aliphatic heterocycles. The number of aryl methyl sites for hydroxylation is 2. The van der Waals surface area contributed by atoms with Gasteiger partial charge in [0.15, 0.2) is 17.3 Å². The molecule has 0 radical (unpaired) electrons. The smallest absolute Gasteiger partial charge is 0.176 e. The third-order valence-corrected chi connectivity index (χ3v) is 3.97. The Kier molecular flexibility index (Phi) is 4.61. The Morgan fingerprint density at radius 1 is 1.20 bits per heavy atom. The molecule has 0 unspecified atom stereocenters. The van der Waals surface area contributed by atoms with E-state index >= 15 is 0 Å². The molecule has 1 heterocycles. The number of rotatable bonds is 5. The zero-order valence-electron chi connectivity index (χ0n) is 14.3. The van der Waals surface area contributed by atoms with E-state index in [2.05, 4.69) is 10.2 Å². The van der Waals surface area contributed by atoms with Crippen LogP contribution in [0.5, 0.6) is 23.0 Å². The lowest BCUT2D eigenvalue weighted by molar-refractivity contribution is 0.403. The lowest BCUT2D eigenvalue weighted by Crippen LogP contribution is -1.94. The normalized spacial score (nSPS) is 10.7. The van der Waals surface area contributed by atoms with E-state index in [1.165, 1.54) is 12.1 Å². The molecule has 0 spiro atoms. The Morgan fingerprint density at radius 2 is 1.96 bits per heavy atom. The number of hydrogen-bond donors (Lipinski definition) is 2. The quantitative estimate of drug-likeness (QED) is 0.711. The Labute approximate surface area is 145 Å². The van der Waals surface area contributed by atoms with E-state index in [1.54, 1.807) is 38.3 Å². The minimum absolute atomic E-state index is 0.0129. The highest BCUT2D eigenvalue weighted by atomic mass is 19.1. The van der Waals surface area contributed by atoms with Crippen LogP contribution in [0.15, 0.2) is 36.4 Å². The van der Waals surface area contributed by atoms with Crippen molar-refractivity contribution < 1.29 is 19.0 Å². The molecule has 0 atom stereocenters. The van der Waals surface area contributed by atoms with Crippen LogP contribution in [0.2, 0.25) is 0 Å². The molecule has 25 heavy (non-hydrogen) atoms. The number of nitrogens with zero attached hydrogens (tertiary/aromatic N) is 1. The fraction of sp³-hybridized carbons (Fsp3) is 0.211. The molecule has 2 aromatic carbocycles. The molecular formula is C19H19FN2O3. The number of phenols is 1. The molecule has 130 valence electrons. The first-order chi connectivity index (χ1) is 12.0. The predicted octanol–water partition coefficient (Wildman–Crippen LogP) is 4.59. The zero-order valence-corrected chi connectivity index (χ0v) is 14.3. The van der Waals surface area contributed by atoms with Crippen LogP contribution in [-0.4, -0.2) is 22.4 Å². The molecule has 5 nitrogen and oxygen atoms in total.